The highest BCUT2D eigenvalue weighted by Gasteiger charge is 2.15. The maximum Gasteiger partial charge on any atom is 0.137 e. The van der Waals surface area contributed by atoms with Crippen molar-refractivity contribution in [2.75, 3.05) is 5.32 Å². The van der Waals surface area contributed by atoms with Gasteiger partial charge in [-0.15, -0.1) is 0 Å². The topological polar surface area (TPSA) is 37.8 Å². The zero-order valence-corrected chi connectivity index (χ0v) is 13.0. The van der Waals surface area contributed by atoms with Gasteiger partial charge in [0.1, 0.15) is 12.1 Å². The number of hydrogen-bond donors (Lipinski definition) is 1. The van der Waals surface area contributed by atoms with Crippen molar-refractivity contribution < 1.29 is 0 Å². The lowest BCUT2D eigenvalue weighted by molar-refractivity contribution is 0.520. The van der Waals surface area contributed by atoms with Gasteiger partial charge in [0.2, 0.25) is 0 Å². The predicted molar refractivity (Wildman–Crippen MR) is 91.9 cm³/mol. The van der Waals surface area contributed by atoms with E-state index in [1.54, 1.807) is 6.33 Å². The fraction of sp³-hybridized carbons (Fsp3) is 0.263. The molecule has 1 unspecified atom stereocenters. The Morgan fingerprint density at radius 2 is 1.64 bits per heavy atom. The van der Waals surface area contributed by atoms with Crippen LogP contribution in [0.15, 0.2) is 60.9 Å². The average Bonchev–Trinajstić information content (AvgIpc) is 2.55. The molecule has 3 rings (SSSR count). The van der Waals surface area contributed by atoms with E-state index in [1.165, 1.54) is 5.56 Å². The standard InChI is InChI=1S/C19H21N3/c1-14(2)18(12-15-8-4-3-5-9-15)22-19-16-10-6-7-11-17(16)20-13-21-19/h3-11,13-14,18H,12H2,1-2H3,(H,20,21,22). The molecular formula is C19H21N3. The van der Waals surface area contributed by atoms with E-state index in [-0.39, 0.29) is 0 Å². The zero-order chi connectivity index (χ0) is 15.4. The molecule has 0 bridgehead atoms. The first-order valence-corrected chi connectivity index (χ1v) is 7.74. The number of para-hydroxylation sites is 1. The molecule has 0 saturated carbocycles. The van der Waals surface area contributed by atoms with Crippen LogP contribution in [0.5, 0.6) is 0 Å². The average molecular weight is 291 g/mol. The van der Waals surface area contributed by atoms with Crippen molar-refractivity contribution in [2.24, 2.45) is 5.92 Å². The Balaban J connectivity index is 1.87. The number of nitrogens with one attached hydrogen (secondary N) is 1. The molecule has 112 valence electrons. The van der Waals surface area contributed by atoms with Crippen LogP contribution in [-0.2, 0) is 6.42 Å². The SMILES string of the molecule is CC(C)C(Cc1ccccc1)Nc1ncnc2ccccc12. The van der Waals surface area contributed by atoms with E-state index >= 15 is 0 Å². The van der Waals surface area contributed by atoms with Crippen LogP contribution in [-0.4, -0.2) is 16.0 Å². The monoisotopic (exact) mass is 291 g/mol. The van der Waals surface area contributed by atoms with Crippen molar-refractivity contribution in [3.8, 4) is 0 Å². The highest BCUT2D eigenvalue weighted by atomic mass is 15.0. The zero-order valence-electron chi connectivity index (χ0n) is 13.0. The van der Waals surface area contributed by atoms with Gasteiger partial charge in [0.25, 0.3) is 0 Å². The third-order valence-corrected chi connectivity index (χ3v) is 3.97. The third-order valence-electron chi connectivity index (χ3n) is 3.97. The largest absolute Gasteiger partial charge is 0.366 e. The first-order chi connectivity index (χ1) is 10.7. The van der Waals surface area contributed by atoms with Crippen LogP contribution in [0.1, 0.15) is 19.4 Å². The van der Waals surface area contributed by atoms with Crippen molar-refractivity contribution >= 4 is 16.7 Å². The molecule has 22 heavy (non-hydrogen) atoms. The number of benzene rings is 2. The van der Waals surface area contributed by atoms with Gasteiger partial charge in [-0.1, -0.05) is 56.3 Å². The molecule has 0 aliphatic heterocycles. The van der Waals surface area contributed by atoms with Crippen LogP contribution in [0.25, 0.3) is 10.9 Å². The Bertz CT molecular complexity index is 733. The number of hydrogen-bond acceptors (Lipinski definition) is 3. The minimum absolute atomic E-state index is 0.334. The Morgan fingerprint density at radius 1 is 0.909 bits per heavy atom. The molecule has 0 saturated heterocycles. The number of nitrogens with zero attached hydrogens (tertiary/aromatic N) is 2. The molecule has 1 N–H and O–H groups in total. The van der Waals surface area contributed by atoms with Crippen LogP contribution in [0.2, 0.25) is 0 Å². The summed E-state index contributed by atoms with van der Waals surface area (Å²) < 4.78 is 0. The van der Waals surface area contributed by atoms with Crippen molar-refractivity contribution in [3.05, 3.63) is 66.5 Å². The quantitative estimate of drug-likeness (QED) is 0.761. The van der Waals surface area contributed by atoms with E-state index < -0.39 is 0 Å². The summed E-state index contributed by atoms with van der Waals surface area (Å²) >= 11 is 0. The van der Waals surface area contributed by atoms with Crippen LogP contribution in [0.4, 0.5) is 5.82 Å². The van der Waals surface area contributed by atoms with Gasteiger partial charge in [-0.05, 0) is 30.0 Å². The number of anilines is 1. The maximum absolute atomic E-state index is 4.45. The molecule has 1 atom stereocenters. The Morgan fingerprint density at radius 3 is 2.41 bits per heavy atom. The van der Waals surface area contributed by atoms with Crippen molar-refractivity contribution in [1.82, 2.24) is 9.97 Å². The third kappa shape index (κ3) is 3.25. The minimum atomic E-state index is 0.334. The lowest BCUT2D eigenvalue weighted by Crippen LogP contribution is -2.28. The molecule has 3 aromatic rings. The van der Waals surface area contributed by atoms with Crippen molar-refractivity contribution in [1.29, 1.82) is 0 Å². The molecule has 2 aromatic carbocycles. The summed E-state index contributed by atoms with van der Waals surface area (Å²) in [5.74, 6) is 1.43. The summed E-state index contributed by atoms with van der Waals surface area (Å²) in [4.78, 5) is 8.78. The Labute approximate surface area is 131 Å². The van der Waals surface area contributed by atoms with E-state index in [1.807, 2.05) is 18.2 Å². The lowest BCUT2D eigenvalue weighted by atomic mass is 9.96. The molecule has 3 nitrogen and oxygen atoms in total. The number of aromatic nitrogens is 2. The molecule has 0 spiro atoms. The summed E-state index contributed by atoms with van der Waals surface area (Å²) in [6.45, 7) is 4.48. The molecule has 0 aliphatic carbocycles. The van der Waals surface area contributed by atoms with E-state index in [0.29, 0.717) is 12.0 Å². The first-order valence-electron chi connectivity index (χ1n) is 7.74. The summed E-state index contributed by atoms with van der Waals surface area (Å²) in [6, 6.07) is 19.0. The fourth-order valence-electron chi connectivity index (χ4n) is 2.62. The van der Waals surface area contributed by atoms with Gasteiger partial charge in [-0.3, -0.25) is 0 Å². The van der Waals surface area contributed by atoms with Crippen LogP contribution < -0.4 is 5.32 Å². The Kier molecular flexibility index (Phi) is 4.33. The lowest BCUT2D eigenvalue weighted by Gasteiger charge is -2.23. The first kappa shape index (κ1) is 14.5. The number of rotatable bonds is 5. The molecular weight excluding hydrogens is 270 g/mol. The van der Waals surface area contributed by atoms with Gasteiger partial charge in [-0.25, -0.2) is 9.97 Å². The second-order valence-electron chi connectivity index (χ2n) is 5.92. The summed E-state index contributed by atoms with van der Waals surface area (Å²) in [5.41, 5.74) is 2.31. The normalized spacial score (nSPS) is 12.5. The second kappa shape index (κ2) is 6.56. The van der Waals surface area contributed by atoms with Crippen molar-refractivity contribution in [3.63, 3.8) is 0 Å². The smallest absolute Gasteiger partial charge is 0.137 e. The maximum atomic E-state index is 4.45. The fourth-order valence-corrected chi connectivity index (χ4v) is 2.62. The molecule has 1 aromatic heterocycles. The summed E-state index contributed by atoms with van der Waals surface area (Å²) in [7, 11) is 0. The van der Waals surface area contributed by atoms with Gasteiger partial charge in [0, 0.05) is 11.4 Å². The predicted octanol–water partition coefficient (Wildman–Crippen LogP) is 4.31. The Hall–Kier alpha value is -2.42. The second-order valence-corrected chi connectivity index (χ2v) is 5.92. The van der Waals surface area contributed by atoms with Gasteiger partial charge < -0.3 is 5.32 Å². The molecule has 0 fully saturated rings. The van der Waals surface area contributed by atoms with Gasteiger partial charge in [0.05, 0.1) is 5.52 Å². The summed E-state index contributed by atoms with van der Waals surface area (Å²) in [6.07, 6.45) is 2.61. The van der Waals surface area contributed by atoms with E-state index in [0.717, 1.165) is 23.1 Å². The van der Waals surface area contributed by atoms with Crippen LogP contribution in [0.3, 0.4) is 0 Å². The van der Waals surface area contributed by atoms with Gasteiger partial charge >= 0.3 is 0 Å². The van der Waals surface area contributed by atoms with Gasteiger partial charge in [0.15, 0.2) is 0 Å². The highest BCUT2D eigenvalue weighted by molar-refractivity contribution is 5.88. The summed E-state index contributed by atoms with van der Waals surface area (Å²) in [5, 5.41) is 4.69. The highest BCUT2D eigenvalue weighted by Crippen LogP contribution is 2.22. The van der Waals surface area contributed by atoms with Crippen LogP contribution >= 0.6 is 0 Å². The minimum Gasteiger partial charge on any atom is -0.366 e. The molecule has 3 heteroatoms. The molecule has 0 aliphatic rings. The van der Waals surface area contributed by atoms with E-state index in [4.69, 9.17) is 0 Å². The van der Waals surface area contributed by atoms with Gasteiger partial charge in [-0.2, -0.15) is 0 Å². The van der Waals surface area contributed by atoms with Crippen molar-refractivity contribution in [2.45, 2.75) is 26.3 Å². The van der Waals surface area contributed by atoms with Crippen LogP contribution in [0, 0.1) is 5.92 Å². The molecule has 0 radical (unpaired) electrons. The van der Waals surface area contributed by atoms with E-state index in [2.05, 4.69) is 65.5 Å². The molecule has 0 amide bonds. The molecule has 1 heterocycles. The number of fused-ring (bicyclic) bond motifs is 1. The van der Waals surface area contributed by atoms with E-state index in [9.17, 15) is 0 Å².